The highest BCUT2D eigenvalue weighted by atomic mass is 16.8. The van der Waals surface area contributed by atoms with E-state index in [1.807, 2.05) is 111 Å². The van der Waals surface area contributed by atoms with Crippen LogP contribution >= 0.6 is 0 Å². The SMILES string of the molecule is CCCCCC1CCCCCCCCCC(=O)OC2C(OC(=O)c3ccccc3)[C@H](OC3C(OCc4ccccc4)[C@H](OCc4ccccc4)C(C)O[C@H]3O1)OC(C)[C@H]2OCc1ccccc1. The third-order valence-electron chi connectivity index (χ3n) is 13.0. The molecule has 0 radical (unpaired) electrons. The summed E-state index contributed by atoms with van der Waals surface area (Å²) in [5.41, 5.74) is 3.21. The predicted octanol–water partition coefficient (Wildman–Crippen LogP) is 11.2. The van der Waals surface area contributed by atoms with Crippen molar-refractivity contribution in [2.45, 2.75) is 192 Å². The van der Waals surface area contributed by atoms with Gasteiger partial charge in [-0.1, -0.05) is 174 Å². The second-order valence-electron chi connectivity index (χ2n) is 18.3. The molecule has 7 unspecified atom stereocenters. The fourth-order valence-corrected chi connectivity index (χ4v) is 9.27. The topological polar surface area (TPSA) is 117 Å². The molecule has 3 aliphatic rings. The first-order valence-electron chi connectivity index (χ1n) is 24.9. The number of benzene rings is 4. The number of hydrogen-bond acceptors (Lipinski definition) is 11. The smallest absolute Gasteiger partial charge is 0.338 e. The third-order valence-corrected chi connectivity index (χ3v) is 13.0. The van der Waals surface area contributed by atoms with Gasteiger partial charge in [0.05, 0.1) is 43.7 Å². The zero-order chi connectivity index (χ0) is 46.6. The van der Waals surface area contributed by atoms with Crippen LogP contribution in [0.15, 0.2) is 121 Å². The number of esters is 2. The van der Waals surface area contributed by atoms with Crippen molar-refractivity contribution in [3.8, 4) is 0 Å². The third kappa shape index (κ3) is 15.3. The van der Waals surface area contributed by atoms with Gasteiger partial charge in [-0.25, -0.2) is 4.79 Å². The van der Waals surface area contributed by atoms with Crippen LogP contribution < -0.4 is 0 Å². The van der Waals surface area contributed by atoms with E-state index in [0.29, 0.717) is 18.6 Å². The Morgan fingerprint density at radius 2 is 1.04 bits per heavy atom. The molecule has 3 saturated heterocycles. The molecule has 11 heteroatoms. The van der Waals surface area contributed by atoms with E-state index in [1.165, 1.54) is 0 Å². The van der Waals surface area contributed by atoms with Crippen LogP contribution in [0.3, 0.4) is 0 Å². The molecule has 11 atom stereocenters. The van der Waals surface area contributed by atoms with Crippen LogP contribution in [-0.4, -0.2) is 79.5 Å². The normalized spacial score (nSPS) is 29.0. The Bertz CT molecular complexity index is 2000. The molecule has 0 spiro atoms. The quantitative estimate of drug-likeness (QED) is 0.0838. The monoisotopic (exact) mass is 921 g/mol. The van der Waals surface area contributed by atoms with Crippen LogP contribution in [0.2, 0.25) is 0 Å². The zero-order valence-corrected chi connectivity index (χ0v) is 39.7. The van der Waals surface area contributed by atoms with Crippen molar-refractivity contribution < 1.29 is 52.2 Å². The molecule has 0 N–H and O–H groups in total. The Labute approximate surface area is 398 Å². The first-order valence-corrected chi connectivity index (χ1v) is 24.9. The Morgan fingerprint density at radius 1 is 0.537 bits per heavy atom. The summed E-state index contributed by atoms with van der Waals surface area (Å²) in [5, 5.41) is 0. The summed E-state index contributed by atoms with van der Waals surface area (Å²) in [6, 6.07) is 38.5. The van der Waals surface area contributed by atoms with E-state index >= 15 is 0 Å². The van der Waals surface area contributed by atoms with Crippen LogP contribution in [0.25, 0.3) is 0 Å². The van der Waals surface area contributed by atoms with E-state index in [9.17, 15) is 9.59 Å². The molecule has 0 saturated carbocycles. The fourth-order valence-electron chi connectivity index (χ4n) is 9.27. The molecule has 2 bridgehead atoms. The molecule has 0 aliphatic carbocycles. The highest BCUT2D eigenvalue weighted by Crippen LogP contribution is 2.37. The van der Waals surface area contributed by atoms with E-state index in [4.69, 9.17) is 42.6 Å². The molecular formula is C56H72O11. The van der Waals surface area contributed by atoms with Gasteiger partial charge >= 0.3 is 11.9 Å². The lowest BCUT2D eigenvalue weighted by molar-refractivity contribution is -0.375. The summed E-state index contributed by atoms with van der Waals surface area (Å²) in [5.74, 6) is -1.04. The van der Waals surface area contributed by atoms with Gasteiger partial charge in [-0.2, -0.15) is 0 Å². The van der Waals surface area contributed by atoms with Gasteiger partial charge in [0.2, 0.25) is 0 Å². The number of rotatable bonds is 15. The minimum Gasteiger partial charge on any atom is -0.455 e. The summed E-state index contributed by atoms with van der Waals surface area (Å²) < 4.78 is 61.5. The molecule has 362 valence electrons. The molecule has 3 fully saturated rings. The molecule has 4 aromatic carbocycles. The molecule has 11 nitrogen and oxygen atoms in total. The van der Waals surface area contributed by atoms with Crippen LogP contribution in [0.4, 0.5) is 0 Å². The standard InChI is InChI=1S/C56H72O11/c1-4-5-15-34-46-35-24-9-7-6-8-10-25-36-47(57)65-51-49(60-38-43-28-18-12-19-29-43)41(3)63-56(53(51)66-54(58)45-32-22-14-23-33-45)67-52-50(61-39-44-30-20-13-21-31-44)48(40(2)62-55(52)64-46)59-37-42-26-16-11-17-27-42/h11-14,16-23,26-33,40-41,46,48-53,55-56H,4-10,15,24-25,34-39H2,1-3H3/t40?,41?,46?,48-,49-,50?,51?,52?,53?,55+,56+/m1/s1. The van der Waals surface area contributed by atoms with Crippen molar-refractivity contribution in [2.75, 3.05) is 0 Å². The van der Waals surface area contributed by atoms with Crippen molar-refractivity contribution in [1.29, 1.82) is 0 Å². The van der Waals surface area contributed by atoms with Gasteiger partial charge in [-0.05, 0) is 61.9 Å². The molecule has 3 heterocycles. The molecular weight excluding hydrogens is 849 g/mol. The summed E-state index contributed by atoms with van der Waals surface area (Å²) in [4.78, 5) is 28.2. The number of hydrogen-bond donors (Lipinski definition) is 0. The zero-order valence-electron chi connectivity index (χ0n) is 39.7. The lowest BCUT2D eigenvalue weighted by atomic mass is 9.96. The first-order chi connectivity index (χ1) is 32.9. The molecule has 0 aromatic heterocycles. The maximum atomic E-state index is 14.2. The molecule has 7 rings (SSSR count). The molecule has 3 aliphatic heterocycles. The summed E-state index contributed by atoms with van der Waals surface area (Å²) in [6.07, 6.45) is 2.97. The average molecular weight is 921 g/mol. The molecule has 4 aromatic rings. The van der Waals surface area contributed by atoms with Crippen LogP contribution in [0, 0.1) is 0 Å². The Balaban J connectivity index is 1.30. The Morgan fingerprint density at radius 3 is 1.64 bits per heavy atom. The number of carbonyl (C=O) groups excluding carboxylic acids is 2. The van der Waals surface area contributed by atoms with Gasteiger partial charge < -0.3 is 42.6 Å². The van der Waals surface area contributed by atoms with Crippen molar-refractivity contribution in [2.24, 2.45) is 0 Å². The number of ether oxygens (including phenoxy) is 9. The minimum absolute atomic E-state index is 0.115. The van der Waals surface area contributed by atoms with Gasteiger partial charge in [0.25, 0.3) is 0 Å². The van der Waals surface area contributed by atoms with Gasteiger partial charge in [-0.15, -0.1) is 0 Å². The van der Waals surface area contributed by atoms with Gasteiger partial charge in [0.1, 0.15) is 24.4 Å². The Hall–Kier alpha value is -4.46. The summed E-state index contributed by atoms with van der Waals surface area (Å²) in [6.45, 7) is 6.82. The van der Waals surface area contributed by atoms with Gasteiger partial charge in [0.15, 0.2) is 24.8 Å². The number of unbranched alkanes of at least 4 members (excludes halogenated alkanes) is 2. The van der Waals surface area contributed by atoms with E-state index in [-0.39, 0.29) is 25.7 Å². The van der Waals surface area contributed by atoms with Gasteiger partial charge in [0, 0.05) is 6.42 Å². The highest BCUT2D eigenvalue weighted by molar-refractivity contribution is 5.89. The predicted molar refractivity (Wildman–Crippen MR) is 255 cm³/mol. The summed E-state index contributed by atoms with van der Waals surface area (Å²) >= 11 is 0. The van der Waals surface area contributed by atoms with E-state index in [0.717, 1.165) is 87.3 Å². The van der Waals surface area contributed by atoms with Crippen molar-refractivity contribution in [3.05, 3.63) is 144 Å². The minimum atomic E-state index is -1.29. The second kappa shape index (κ2) is 26.9. The van der Waals surface area contributed by atoms with Crippen LogP contribution in [0.5, 0.6) is 0 Å². The van der Waals surface area contributed by atoms with Crippen molar-refractivity contribution >= 4 is 11.9 Å². The van der Waals surface area contributed by atoms with Crippen molar-refractivity contribution in [3.63, 3.8) is 0 Å². The molecule has 67 heavy (non-hydrogen) atoms. The Kier molecular flexibility index (Phi) is 20.3. The number of fused-ring (bicyclic) bond motifs is 3. The van der Waals surface area contributed by atoms with E-state index < -0.39 is 73.4 Å². The molecule has 0 amide bonds. The van der Waals surface area contributed by atoms with Crippen LogP contribution in [0.1, 0.15) is 131 Å². The van der Waals surface area contributed by atoms with E-state index in [2.05, 4.69) is 6.92 Å². The van der Waals surface area contributed by atoms with Gasteiger partial charge in [-0.3, -0.25) is 4.79 Å². The van der Waals surface area contributed by atoms with E-state index in [1.54, 1.807) is 24.3 Å². The maximum absolute atomic E-state index is 14.2. The van der Waals surface area contributed by atoms with Crippen molar-refractivity contribution in [1.82, 2.24) is 0 Å². The highest BCUT2D eigenvalue weighted by Gasteiger charge is 2.55. The lowest BCUT2D eigenvalue weighted by Gasteiger charge is -2.49. The lowest BCUT2D eigenvalue weighted by Crippen LogP contribution is -2.65. The number of carbonyl (C=O) groups is 2. The largest absolute Gasteiger partial charge is 0.455 e. The average Bonchev–Trinajstić information content (AvgIpc) is 3.35. The maximum Gasteiger partial charge on any atom is 0.338 e. The first kappa shape index (κ1) is 50.4. The fraction of sp³-hybridized carbons (Fsp3) is 0.536. The second-order valence-corrected chi connectivity index (χ2v) is 18.3. The summed E-state index contributed by atoms with van der Waals surface area (Å²) in [7, 11) is 0. The van der Waals surface area contributed by atoms with Crippen LogP contribution in [-0.2, 0) is 67.2 Å².